The summed E-state index contributed by atoms with van der Waals surface area (Å²) in [7, 11) is 0. The predicted molar refractivity (Wildman–Crippen MR) is 84.1 cm³/mol. The highest BCUT2D eigenvalue weighted by molar-refractivity contribution is 5.40. The van der Waals surface area contributed by atoms with E-state index >= 15 is 0 Å². The molecule has 0 spiro atoms. The largest absolute Gasteiger partial charge is 0.473 e. The fourth-order valence-corrected chi connectivity index (χ4v) is 2.73. The van der Waals surface area contributed by atoms with E-state index in [9.17, 15) is 0 Å². The molecule has 0 radical (unpaired) electrons. The molecule has 0 unspecified atom stereocenters. The van der Waals surface area contributed by atoms with Crippen LogP contribution in [-0.4, -0.2) is 39.1 Å². The van der Waals surface area contributed by atoms with E-state index in [1.165, 1.54) is 0 Å². The SMILES string of the molecule is Cc1cncc(OC2CCN(c3cc(C)nc(C)n3)CC2)n1. The lowest BCUT2D eigenvalue weighted by molar-refractivity contribution is 0.163. The lowest BCUT2D eigenvalue weighted by Crippen LogP contribution is -2.39. The van der Waals surface area contributed by atoms with Crippen LogP contribution in [0.4, 0.5) is 5.82 Å². The van der Waals surface area contributed by atoms with Gasteiger partial charge in [0.2, 0.25) is 5.88 Å². The van der Waals surface area contributed by atoms with Crippen molar-refractivity contribution in [3.8, 4) is 5.88 Å². The number of piperidine rings is 1. The van der Waals surface area contributed by atoms with Crippen molar-refractivity contribution in [2.45, 2.75) is 39.7 Å². The van der Waals surface area contributed by atoms with Crippen molar-refractivity contribution in [2.75, 3.05) is 18.0 Å². The maximum atomic E-state index is 5.93. The number of nitrogens with zero attached hydrogens (tertiary/aromatic N) is 5. The van der Waals surface area contributed by atoms with Crippen molar-refractivity contribution in [3.05, 3.63) is 35.7 Å². The molecule has 3 heterocycles. The van der Waals surface area contributed by atoms with Crippen molar-refractivity contribution in [2.24, 2.45) is 0 Å². The zero-order valence-electron chi connectivity index (χ0n) is 13.3. The van der Waals surface area contributed by atoms with Gasteiger partial charge in [0.15, 0.2) is 0 Å². The smallest absolute Gasteiger partial charge is 0.232 e. The molecule has 2 aromatic rings. The molecule has 0 saturated carbocycles. The van der Waals surface area contributed by atoms with E-state index in [0.717, 1.165) is 49.0 Å². The minimum atomic E-state index is 0.191. The number of anilines is 1. The Kier molecular flexibility index (Phi) is 4.18. The van der Waals surface area contributed by atoms with Gasteiger partial charge in [-0.15, -0.1) is 0 Å². The second-order valence-electron chi connectivity index (χ2n) is 5.72. The molecule has 0 N–H and O–H groups in total. The third kappa shape index (κ3) is 3.50. The zero-order chi connectivity index (χ0) is 15.5. The molecule has 116 valence electrons. The first-order chi connectivity index (χ1) is 10.6. The number of ether oxygens (including phenoxy) is 1. The summed E-state index contributed by atoms with van der Waals surface area (Å²) in [6, 6.07) is 2.04. The number of rotatable bonds is 3. The van der Waals surface area contributed by atoms with Gasteiger partial charge in [0.05, 0.1) is 11.9 Å². The number of aryl methyl sites for hydroxylation is 3. The van der Waals surface area contributed by atoms with Gasteiger partial charge in [0, 0.05) is 43.9 Å². The Hall–Kier alpha value is -2.24. The van der Waals surface area contributed by atoms with Gasteiger partial charge < -0.3 is 9.64 Å². The Balaban J connectivity index is 1.60. The monoisotopic (exact) mass is 299 g/mol. The average molecular weight is 299 g/mol. The van der Waals surface area contributed by atoms with Gasteiger partial charge in [0.1, 0.15) is 17.7 Å². The van der Waals surface area contributed by atoms with Gasteiger partial charge in [-0.3, -0.25) is 4.98 Å². The van der Waals surface area contributed by atoms with Crippen molar-refractivity contribution < 1.29 is 4.74 Å². The van der Waals surface area contributed by atoms with E-state index in [0.29, 0.717) is 5.88 Å². The van der Waals surface area contributed by atoms with E-state index < -0.39 is 0 Å². The third-order valence-corrected chi connectivity index (χ3v) is 3.74. The molecule has 3 rings (SSSR count). The van der Waals surface area contributed by atoms with Crippen LogP contribution in [0.2, 0.25) is 0 Å². The minimum absolute atomic E-state index is 0.191. The first-order valence-corrected chi connectivity index (χ1v) is 7.63. The van der Waals surface area contributed by atoms with Crippen LogP contribution < -0.4 is 9.64 Å². The highest BCUT2D eigenvalue weighted by Crippen LogP contribution is 2.21. The molecule has 1 saturated heterocycles. The second-order valence-corrected chi connectivity index (χ2v) is 5.72. The average Bonchev–Trinajstić information content (AvgIpc) is 2.47. The summed E-state index contributed by atoms with van der Waals surface area (Å²) in [5.41, 5.74) is 1.89. The van der Waals surface area contributed by atoms with Crippen LogP contribution in [0, 0.1) is 20.8 Å². The standard InChI is InChI=1S/C16H21N5O/c1-11-8-15(20-13(3)18-11)21-6-4-14(5-7-21)22-16-10-17-9-12(2)19-16/h8-10,14H,4-7H2,1-3H3. The summed E-state index contributed by atoms with van der Waals surface area (Å²) in [6.45, 7) is 7.72. The Labute approximate surface area is 130 Å². The van der Waals surface area contributed by atoms with Crippen LogP contribution in [0.25, 0.3) is 0 Å². The molecule has 6 heteroatoms. The van der Waals surface area contributed by atoms with E-state index in [-0.39, 0.29) is 6.10 Å². The van der Waals surface area contributed by atoms with Crippen LogP contribution in [0.5, 0.6) is 5.88 Å². The fourth-order valence-electron chi connectivity index (χ4n) is 2.73. The second kappa shape index (κ2) is 6.25. The van der Waals surface area contributed by atoms with Gasteiger partial charge in [0.25, 0.3) is 0 Å². The van der Waals surface area contributed by atoms with Gasteiger partial charge >= 0.3 is 0 Å². The van der Waals surface area contributed by atoms with Crippen LogP contribution in [0.3, 0.4) is 0 Å². The van der Waals surface area contributed by atoms with Crippen LogP contribution >= 0.6 is 0 Å². The summed E-state index contributed by atoms with van der Waals surface area (Å²) >= 11 is 0. The normalized spacial score (nSPS) is 15.9. The molecule has 1 fully saturated rings. The molecule has 0 amide bonds. The molecule has 6 nitrogen and oxygen atoms in total. The van der Waals surface area contributed by atoms with Gasteiger partial charge in [-0.25, -0.2) is 15.0 Å². The molecule has 0 aromatic carbocycles. The lowest BCUT2D eigenvalue weighted by atomic mass is 10.1. The number of hydrogen-bond donors (Lipinski definition) is 0. The molecule has 1 aliphatic heterocycles. The van der Waals surface area contributed by atoms with Crippen molar-refractivity contribution in [1.82, 2.24) is 19.9 Å². The summed E-state index contributed by atoms with van der Waals surface area (Å²) in [4.78, 5) is 19.6. The van der Waals surface area contributed by atoms with Crippen molar-refractivity contribution in [1.29, 1.82) is 0 Å². The number of hydrogen-bond acceptors (Lipinski definition) is 6. The third-order valence-electron chi connectivity index (χ3n) is 3.74. The molecule has 2 aromatic heterocycles. The lowest BCUT2D eigenvalue weighted by Gasteiger charge is -2.32. The highest BCUT2D eigenvalue weighted by Gasteiger charge is 2.22. The van der Waals surface area contributed by atoms with E-state index in [1.807, 2.05) is 26.8 Å². The van der Waals surface area contributed by atoms with E-state index in [4.69, 9.17) is 4.74 Å². The molecule has 22 heavy (non-hydrogen) atoms. The summed E-state index contributed by atoms with van der Waals surface area (Å²) in [6.07, 6.45) is 5.51. The Morgan fingerprint density at radius 3 is 2.45 bits per heavy atom. The Morgan fingerprint density at radius 2 is 1.77 bits per heavy atom. The fraction of sp³-hybridized carbons (Fsp3) is 0.500. The molecular weight excluding hydrogens is 278 g/mol. The molecule has 0 aliphatic carbocycles. The number of aromatic nitrogens is 4. The van der Waals surface area contributed by atoms with Crippen LogP contribution in [-0.2, 0) is 0 Å². The molecule has 0 bridgehead atoms. The Morgan fingerprint density at radius 1 is 1.00 bits per heavy atom. The van der Waals surface area contributed by atoms with E-state index in [2.05, 4.69) is 24.8 Å². The quantitative estimate of drug-likeness (QED) is 0.866. The summed E-state index contributed by atoms with van der Waals surface area (Å²) < 4.78 is 5.93. The van der Waals surface area contributed by atoms with E-state index in [1.54, 1.807) is 12.4 Å². The first-order valence-electron chi connectivity index (χ1n) is 7.63. The predicted octanol–water partition coefficient (Wildman–Crippen LogP) is 2.24. The first kappa shape index (κ1) is 14.7. The minimum Gasteiger partial charge on any atom is -0.473 e. The Bertz CT molecular complexity index is 632. The van der Waals surface area contributed by atoms with Gasteiger partial charge in [-0.2, -0.15) is 0 Å². The molecule has 1 aliphatic rings. The van der Waals surface area contributed by atoms with Crippen LogP contribution in [0.1, 0.15) is 30.1 Å². The molecule has 0 atom stereocenters. The van der Waals surface area contributed by atoms with Gasteiger partial charge in [-0.1, -0.05) is 0 Å². The van der Waals surface area contributed by atoms with Crippen molar-refractivity contribution in [3.63, 3.8) is 0 Å². The van der Waals surface area contributed by atoms with Crippen LogP contribution in [0.15, 0.2) is 18.5 Å². The maximum absolute atomic E-state index is 5.93. The summed E-state index contributed by atoms with van der Waals surface area (Å²) in [5, 5.41) is 0. The molecular formula is C16H21N5O. The van der Waals surface area contributed by atoms with Gasteiger partial charge in [-0.05, 0) is 20.8 Å². The zero-order valence-corrected chi connectivity index (χ0v) is 13.3. The topological polar surface area (TPSA) is 64.0 Å². The van der Waals surface area contributed by atoms with Crippen molar-refractivity contribution >= 4 is 5.82 Å². The maximum Gasteiger partial charge on any atom is 0.232 e. The highest BCUT2D eigenvalue weighted by atomic mass is 16.5. The summed E-state index contributed by atoms with van der Waals surface area (Å²) in [5.74, 6) is 2.45.